The molecule has 3 rings (SSSR count). The van der Waals surface area contributed by atoms with Crippen LogP contribution in [0.25, 0.3) is 21.9 Å². The predicted molar refractivity (Wildman–Crippen MR) is 60.1 cm³/mol. The van der Waals surface area contributed by atoms with Gasteiger partial charge in [-0.3, -0.25) is 0 Å². The molecule has 2 heterocycles. The van der Waals surface area contributed by atoms with Gasteiger partial charge in [-0.25, -0.2) is 0 Å². The fourth-order valence-corrected chi connectivity index (χ4v) is 2.14. The second kappa shape index (κ2) is 2.89. The van der Waals surface area contributed by atoms with Crippen LogP contribution in [-0.2, 0) is 0 Å². The van der Waals surface area contributed by atoms with Gasteiger partial charge in [0.1, 0.15) is 11.2 Å². The van der Waals surface area contributed by atoms with Crippen molar-refractivity contribution in [3.05, 3.63) is 36.3 Å². The van der Waals surface area contributed by atoms with Crippen LogP contribution in [0.2, 0.25) is 0 Å². The van der Waals surface area contributed by atoms with Gasteiger partial charge in [0.25, 0.3) is 0 Å². The molecule has 0 aliphatic rings. The zero-order chi connectivity index (χ0) is 10.4. The first kappa shape index (κ1) is 8.60. The van der Waals surface area contributed by atoms with E-state index in [1.165, 1.54) is 5.56 Å². The number of benzene rings is 1. The quantitative estimate of drug-likeness (QED) is 0.585. The van der Waals surface area contributed by atoms with E-state index in [4.69, 9.17) is 8.83 Å². The normalized spacial score (nSPS) is 11.9. The largest absolute Gasteiger partial charge is 0.464 e. The fourth-order valence-electron chi connectivity index (χ4n) is 2.14. The Morgan fingerprint density at radius 1 is 1.07 bits per heavy atom. The third-order valence-corrected chi connectivity index (χ3v) is 2.79. The number of hydrogen-bond donors (Lipinski definition) is 0. The highest BCUT2D eigenvalue weighted by molar-refractivity contribution is 5.97. The average Bonchev–Trinajstić information content (AvgIpc) is 2.79. The molecule has 0 fully saturated rings. The molecule has 3 aromatic rings. The molecule has 0 aliphatic heterocycles. The topological polar surface area (TPSA) is 26.3 Å². The van der Waals surface area contributed by atoms with Crippen molar-refractivity contribution < 1.29 is 8.83 Å². The second-order valence-electron chi connectivity index (χ2n) is 4.12. The monoisotopic (exact) mass is 200 g/mol. The Labute approximate surface area is 87.5 Å². The number of fused-ring (bicyclic) bond motifs is 2. The molecule has 0 saturated heterocycles. The minimum Gasteiger partial charge on any atom is -0.464 e. The van der Waals surface area contributed by atoms with Gasteiger partial charge in [0.05, 0.1) is 12.5 Å². The molecule has 2 heteroatoms. The number of hydrogen-bond acceptors (Lipinski definition) is 2. The molecule has 0 unspecified atom stereocenters. The first-order valence-corrected chi connectivity index (χ1v) is 5.14. The van der Waals surface area contributed by atoms with Crippen LogP contribution < -0.4 is 0 Å². The molecule has 0 radical (unpaired) electrons. The van der Waals surface area contributed by atoms with Crippen molar-refractivity contribution in [2.45, 2.75) is 19.8 Å². The highest BCUT2D eigenvalue weighted by Crippen LogP contribution is 2.34. The maximum Gasteiger partial charge on any atom is 0.138 e. The third kappa shape index (κ3) is 1.11. The summed E-state index contributed by atoms with van der Waals surface area (Å²) < 4.78 is 11.0. The van der Waals surface area contributed by atoms with E-state index in [9.17, 15) is 0 Å². The summed E-state index contributed by atoms with van der Waals surface area (Å²) in [5, 5.41) is 2.27. The van der Waals surface area contributed by atoms with E-state index in [2.05, 4.69) is 13.8 Å². The van der Waals surface area contributed by atoms with Gasteiger partial charge in [-0.2, -0.15) is 0 Å². The van der Waals surface area contributed by atoms with Crippen molar-refractivity contribution in [1.82, 2.24) is 0 Å². The van der Waals surface area contributed by atoms with Crippen LogP contribution in [0.15, 0.2) is 39.6 Å². The molecule has 15 heavy (non-hydrogen) atoms. The predicted octanol–water partition coefficient (Wildman–Crippen LogP) is 4.30. The average molecular weight is 200 g/mol. The first-order chi connectivity index (χ1) is 7.27. The van der Waals surface area contributed by atoms with E-state index in [-0.39, 0.29) is 0 Å². The van der Waals surface area contributed by atoms with E-state index < -0.39 is 0 Å². The van der Waals surface area contributed by atoms with E-state index in [0.29, 0.717) is 5.92 Å². The molecule has 0 bridgehead atoms. The van der Waals surface area contributed by atoms with Crippen LogP contribution in [0.3, 0.4) is 0 Å². The summed E-state index contributed by atoms with van der Waals surface area (Å²) in [5.74, 6) is 0.431. The molecule has 0 amide bonds. The summed E-state index contributed by atoms with van der Waals surface area (Å²) in [5.41, 5.74) is 3.16. The van der Waals surface area contributed by atoms with Crippen molar-refractivity contribution >= 4 is 21.9 Å². The van der Waals surface area contributed by atoms with E-state index in [1.54, 1.807) is 12.5 Å². The summed E-state index contributed by atoms with van der Waals surface area (Å²) in [4.78, 5) is 0. The van der Waals surface area contributed by atoms with Gasteiger partial charge in [0.2, 0.25) is 0 Å². The Bertz CT molecular complexity index is 565. The van der Waals surface area contributed by atoms with Crippen LogP contribution in [0.5, 0.6) is 0 Å². The first-order valence-electron chi connectivity index (χ1n) is 5.14. The molecule has 0 N–H and O–H groups in total. The lowest BCUT2D eigenvalue weighted by molar-refractivity contribution is 0.605. The van der Waals surface area contributed by atoms with Crippen LogP contribution >= 0.6 is 0 Å². The van der Waals surface area contributed by atoms with Crippen molar-refractivity contribution in [2.24, 2.45) is 0 Å². The summed E-state index contributed by atoms with van der Waals surface area (Å²) in [6.45, 7) is 4.34. The molecule has 2 aromatic heterocycles. The Morgan fingerprint density at radius 2 is 1.87 bits per heavy atom. The molecule has 0 spiro atoms. The van der Waals surface area contributed by atoms with E-state index in [0.717, 1.165) is 21.9 Å². The molecule has 76 valence electrons. The molecule has 1 aromatic carbocycles. The lowest BCUT2D eigenvalue weighted by atomic mass is 9.97. The van der Waals surface area contributed by atoms with Gasteiger partial charge in [-0.1, -0.05) is 13.8 Å². The second-order valence-corrected chi connectivity index (χ2v) is 4.12. The zero-order valence-electron chi connectivity index (χ0n) is 8.78. The van der Waals surface area contributed by atoms with E-state index in [1.807, 2.05) is 18.2 Å². The van der Waals surface area contributed by atoms with Crippen LogP contribution in [0.4, 0.5) is 0 Å². The summed E-state index contributed by atoms with van der Waals surface area (Å²) in [6.07, 6.45) is 3.46. The standard InChI is InChI=1S/C13H12O2/c1-8(2)12-10-4-6-14-11(10)7-9-3-5-15-13(9)12/h3-8H,1-2H3. The van der Waals surface area contributed by atoms with Crippen LogP contribution in [0, 0.1) is 0 Å². The lowest BCUT2D eigenvalue weighted by Gasteiger charge is -2.07. The molecular formula is C13H12O2. The van der Waals surface area contributed by atoms with Gasteiger partial charge >= 0.3 is 0 Å². The Kier molecular flexibility index (Phi) is 1.66. The van der Waals surface area contributed by atoms with E-state index >= 15 is 0 Å². The van der Waals surface area contributed by atoms with Crippen LogP contribution in [-0.4, -0.2) is 0 Å². The van der Waals surface area contributed by atoms with Gasteiger partial charge in [-0.05, 0) is 24.1 Å². The molecule has 0 atom stereocenters. The van der Waals surface area contributed by atoms with Gasteiger partial charge < -0.3 is 8.83 Å². The summed E-state index contributed by atoms with van der Waals surface area (Å²) >= 11 is 0. The third-order valence-electron chi connectivity index (χ3n) is 2.79. The number of furan rings is 2. The van der Waals surface area contributed by atoms with Gasteiger partial charge in [0, 0.05) is 16.3 Å². The van der Waals surface area contributed by atoms with Crippen molar-refractivity contribution in [1.29, 1.82) is 0 Å². The SMILES string of the molecule is CC(C)c1c2ccoc2cc2ccoc12. The summed E-state index contributed by atoms with van der Waals surface area (Å²) in [7, 11) is 0. The summed E-state index contributed by atoms with van der Waals surface area (Å²) in [6, 6.07) is 6.01. The maximum atomic E-state index is 5.55. The highest BCUT2D eigenvalue weighted by atomic mass is 16.3. The molecule has 2 nitrogen and oxygen atoms in total. The molecule has 0 saturated carbocycles. The maximum absolute atomic E-state index is 5.55. The fraction of sp³-hybridized carbons (Fsp3) is 0.231. The number of rotatable bonds is 1. The molecule has 0 aliphatic carbocycles. The minimum atomic E-state index is 0.431. The highest BCUT2D eigenvalue weighted by Gasteiger charge is 2.14. The van der Waals surface area contributed by atoms with Crippen LogP contribution in [0.1, 0.15) is 25.3 Å². The Balaban J connectivity index is 2.56. The smallest absolute Gasteiger partial charge is 0.138 e. The van der Waals surface area contributed by atoms with Gasteiger partial charge in [0.15, 0.2) is 0 Å². The Morgan fingerprint density at radius 3 is 2.67 bits per heavy atom. The lowest BCUT2D eigenvalue weighted by Crippen LogP contribution is -1.88. The van der Waals surface area contributed by atoms with Crippen molar-refractivity contribution in [3.8, 4) is 0 Å². The van der Waals surface area contributed by atoms with Gasteiger partial charge in [-0.15, -0.1) is 0 Å². The minimum absolute atomic E-state index is 0.431. The van der Waals surface area contributed by atoms with Crippen molar-refractivity contribution in [2.75, 3.05) is 0 Å². The molecular weight excluding hydrogens is 188 g/mol. The Hall–Kier alpha value is -1.70. The zero-order valence-corrected chi connectivity index (χ0v) is 8.78. The van der Waals surface area contributed by atoms with Crippen molar-refractivity contribution in [3.63, 3.8) is 0 Å².